The van der Waals surface area contributed by atoms with Crippen molar-refractivity contribution in [3.63, 3.8) is 0 Å². The Balaban J connectivity index is 0.646. The molecule has 1 saturated carbocycles. The number of anilines is 2. The standard InChI is InChI=1S/C57H67FN10O7S/c1-33(2)53(57(72)68-31-40(69)25-48(68)56(71)62-34(3)38-9-11-39(12-10-38)54-35(4)61-32-76-54)50-29-51(65-75-50)67-21-14-36(15-22-67)30-66-19-16-41(17-20-66)73-42-26-43(27-42)74-52-24-37(13-18-60-52)23-46(58)45-28-47(63-64-55(45)59)44-7-5-6-8-49(44)70/h5-13,18,23-24,28-29,32-34,36,40-43,48,53,69-70H,14-17,19-22,25-27,30-31H2,1-4H3,(H2,59,64)(H,62,71)/b46-23-/t34-,40+,42-,43-,48-,53+/m0/s1. The Kier molecular flexibility index (Phi) is 16.1. The number of nitrogens with one attached hydrogen (secondary N) is 1. The van der Waals surface area contributed by atoms with Gasteiger partial charge in [-0.3, -0.25) is 9.59 Å². The Labute approximate surface area is 446 Å². The summed E-state index contributed by atoms with van der Waals surface area (Å²) in [6.07, 6.45) is 8.10. The van der Waals surface area contributed by atoms with Gasteiger partial charge in [-0.2, -0.15) is 0 Å². The Bertz CT molecular complexity index is 3000. The first-order valence-corrected chi connectivity index (χ1v) is 27.4. The number of aromatic hydroxyl groups is 1. The van der Waals surface area contributed by atoms with Crippen molar-refractivity contribution in [2.45, 2.75) is 115 Å². The van der Waals surface area contributed by atoms with Gasteiger partial charge < -0.3 is 50.0 Å². The number of phenolic OH excluding ortho intramolecular Hbond substituents is 1. The van der Waals surface area contributed by atoms with E-state index in [2.05, 4.69) is 40.4 Å². The van der Waals surface area contributed by atoms with Crippen molar-refractivity contribution in [3.8, 4) is 33.3 Å². The summed E-state index contributed by atoms with van der Waals surface area (Å²) in [5.74, 6) is 0.131. The van der Waals surface area contributed by atoms with E-state index in [1.165, 1.54) is 23.1 Å². The van der Waals surface area contributed by atoms with Gasteiger partial charge in [0.1, 0.15) is 29.6 Å². The second kappa shape index (κ2) is 23.2. The van der Waals surface area contributed by atoms with Crippen molar-refractivity contribution >= 4 is 46.7 Å². The van der Waals surface area contributed by atoms with E-state index in [0.717, 1.165) is 98.8 Å². The number of nitrogens with two attached hydrogens (primary N) is 1. The van der Waals surface area contributed by atoms with Crippen LogP contribution >= 0.6 is 11.3 Å². The van der Waals surface area contributed by atoms with E-state index < -0.39 is 23.9 Å². The second-order valence-electron chi connectivity index (χ2n) is 21.2. The first kappa shape index (κ1) is 52.6. The smallest absolute Gasteiger partial charge is 0.243 e. The SMILES string of the molecule is Cc1ncsc1-c1ccc([C@H](C)NC(=O)[C@@H]2C[C@@H](O)CN2C(=O)[C@@H](c2cc(N3CCC(CN4CCC(O[C@H]5C[C@H](Oc6cc(/C=C(\F)c7cc(-c8ccccc8O)nnc7N)ccn6)C5)CC4)CC3)no2)C(C)C)cc1. The molecule has 7 heterocycles. The average molecular weight is 1060 g/mol. The number of phenols is 1. The zero-order chi connectivity index (χ0) is 53.0. The molecule has 400 valence electrons. The fourth-order valence-corrected chi connectivity index (χ4v) is 11.8. The number of halogens is 1. The van der Waals surface area contributed by atoms with Crippen LogP contribution in [-0.4, -0.2) is 127 Å². The number of hydrogen-bond acceptors (Lipinski definition) is 16. The summed E-state index contributed by atoms with van der Waals surface area (Å²) in [7, 11) is 0. The lowest BCUT2D eigenvalue weighted by Crippen LogP contribution is -2.48. The third-order valence-electron chi connectivity index (χ3n) is 15.4. The monoisotopic (exact) mass is 1050 g/mol. The number of piperidine rings is 2. The van der Waals surface area contributed by atoms with Crippen molar-refractivity contribution < 1.29 is 38.2 Å². The number of amides is 2. The molecule has 3 aliphatic heterocycles. The number of carbonyl (C=O) groups excluding carboxylic acids is 2. The number of thiazole rings is 1. The van der Waals surface area contributed by atoms with Crippen molar-refractivity contribution in [2.75, 3.05) is 49.9 Å². The number of pyridine rings is 1. The van der Waals surface area contributed by atoms with E-state index >= 15 is 4.39 Å². The summed E-state index contributed by atoms with van der Waals surface area (Å²) in [5, 5.41) is 36.6. The number of carbonyl (C=O) groups is 2. The van der Waals surface area contributed by atoms with Crippen molar-refractivity contribution in [1.82, 2.24) is 40.4 Å². The van der Waals surface area contributed by atoms with Crippen LogP contribution in [0.5, 0.6) is 11.6 Å². The first-order chi connectivity index (χ1) is 36.7. The molecule has 0 spiro atoms. The van der Waals surface area contributed by atoms with E-state index in [0.29, 0.717) is 34.4 Å². The summed E-state index contributed by atoms with van der Waals surface area (Å²) in [5.41, 5.74) is 12.2. The highest BCUT2D eigenvalue weighted by Crippen LogP contribution is 2.37. The molecule has 6 aromatic rings. The molecule has 4 aliphatic rings. The summed E-state index contributed by atoms with van der Waals surface area (Å²) in [6, 6.07) is 20.3. The summed E-state index contributed by atoms with van der Waals surface area (Å²) < 4.78 is 34.2. The molecule has 4 fully saturated rings. The number of aliphatic hydroxyl groups is 1. The average Bonchev–Trinajstić information content (AvgIpc) is 4.18. The molecule has 5 N–H and O–H groups in total. The third kappa shape index (κ3) is 12.1. The van der Waals surface area contributed by atoms with E-state index in [1.807, 2.05) is 63.5 Å². The van der Waals surface area contributed by atoms with Crippen LogP contribution in [0.2, 0.25) is 0 Å². The molecule has 3 saturated heterocycles. The number of rotatable bonds is 17. The van der Waals surface area contributed by atoms with Crippen molar-refractivity contribution in [2.24, 2.45) is 11.8 Å². The quantitative estimate of drug-likeness (QED) is 0.0672. The van der Waals surface area contributed by atoms with Crippen LogP contribution in [-0.2, 0) is 14.3 Å². The number of hydrogen-bond donors (Lipinski definition) is 4. The number of nitrogen functional groups attached to an aromatic ring is 1. The van der Waals surface area contributed by atoms with E-state index in [9.17, 15) is 19.8 Å². The maximum Gasteiger partial charge on any atom is 0.243 e. The van der Waals surface area contributed by atoms with Gasteiger partial charge in [0.25, 0.3) is 0 Å². The van der Waals surface area contributed by atoms with Crippen LogP contribution in [0.1, 0.15) is 106 Å². The number of para-hydroxylation sites is 1. The molecule has 76 heavy (non-hydrogen) atoms. The molecule has 10 rings (SSSR count). The number of likely N-dealkylation sites (tertiary alicyclic amines) is 2. The number of nitrogens with zero attached hydrogens (tertiary/aromatic N) is 8. The molecular weight excluding hydrogens is 988 g/mol. The zero-order valence-corrected chi connectivity index (χ0v) is 44.2. The molecular formula is C57H67FN10O7S. The van der Waals surface area contributed by atoms with Crippen LogP contribution in [0.3, 0.4) is 0 Å². The molecule has 1 aliphatic carbocycles. The number of aryl methyl sites for hydroxylation is 1. The Morgan fingerprint density at radius 1 is 0.934 bits per heavy atom. The minimum absolute atomic E-state index is 0.00639. The largest absolute Gasteiger partial charge is 0.507 e. The van der Waals surface area contributed by atoms with Gasteiger partial charge in [0.05, 0.1) is 51.7 Å². The lowest BCUT2D eigenvalue weighted by atomic mass is 9.91. The zero-order valence-electron chi connectivity index (χ0n) is 43.4. The molecule has 4 atom stereocenters. The van der Waals surface area contributed by atoms with Gasteiger partial charge in [-0.15, -0.1) is 21.5 Å². The molecule has 0 unspecified atom stereocenters. The minimum Gasteiger partial charge on any atom is -0.507 e. The lowest BCUT2D eigenvalue weighted by Gasteiger charge is -2.41. The van der Waals surface area contributed by atoms with Gasteiger partial charge in [0, 0.05) is 82.4 Å². The van der Waals surface area contributed by atoms with Crippen LogP contribution in [0.15, 0.2) is 89.0 Å². The van der Waals surface area contributed by atoms with E-state index in [-0.39, 0.29) is 72.2 Å². The Morgan fingerprint density at radius 3 is 2.42 bits per heavy atom. The highest BCUT2D eigenvalue weighted by molar-refractivity contribution is 7.13. The molecule has 2 amide bonds. The molecule has 17 nitrogen and oxygen atoms in total. The van der Waals surface area contributed by atoms with Crippen molar-refractivity contribution in [3.05, 3.63) is 113 Å². The first-order valence-electron chi connectivity index (χ1n) is 26.5. The molecule has 19 heteroatoms. The van der Waals surface area contributed by atoms with Gasteiger partial charge in [0.2, 0.25) is 17.7 Å². The predicted octanol–water partition coefficient (Wildman–Crippen LogP) is 8.60. The second-order valence-corrected chi connectivity index (χ2v) is 22.0. The maximum absolute atomic E-state index is 15.6. The van der Waals surface area contributed by atoms with Gasteiger partial charge >= 0.3 is 0 Å². The third-order valence-corrected chi connectivity index (χ3v) is 16.4. The molecule has 0 bridgehead atoms. The minimum atomic E-state index is -0.812. The summed E-state index contributed by atoms with van der Waals surface area (Å²) in [6.45, 7) is 12.6. The fraction of sp³-hybridized carbons (Fsp3) is 0.456. The predicted molar refractivity (Wildman–Crippen MR) is 289 cm³/mol. The van der Waals surface area contributed by atoms with Gasteiger partial charge in [-0.1, -0.05) is 55.4 Å². The number of aromatic nitrogens is 5. The number of β-amino-alcohol motifs (C(OH)–C–C–N with tert-alkyl or cyclic N) is 1. The summed E-state index contributed by atoms with van der Waals surface area (Å²) >= 11 is 1.59. The Hall–Kier alpha value is -6.80. The van der Waals surface area contributed by atoms with Gasteiger partial charge in [-0.05, 0) is 98.4 Å². The number of aliphatic hydroxyl groups excluding tert-OH is 1. The molecule has 4 aromatic heterocycles. The van der Waals surface area contributed by atoms with Crippen LogP contribution < -0.4 is 20.7 Å². The fourth-order valence-electron chi connectivity index (χ4n) is 11.0. The molecule has 2 aromatic carbocycles. The normalized spacial score (nSPS) is 21.6. The summed E-state index contributed by atoms with van der Waals surface area (Å²) in [4.78, 5) is 44.3. The molecule has 0 radical (unpaired) electrons. The van der Waals surface area contributed by atoms with E-state index in [1.54, 1.807) is 47.9 Å². The number of benzene rings is 2. The van der Waals surface area contributed by atoms with Crippen LogP contribution in [0, 0.1) is 18.8 Å². The van der Waals surface area contributed by atoms with Gasteiger partial charge in [-0.25, -0.2) is 14.4 Å². The van der Waals surface area contributed by atoms with Crippen LogP contribution in [0.25, 0.3) is 33.6 Å². The van der Waals surface area contributed by atoms with E-state index in [4.69, 9.17) is 19.7 Å². The van der Waals surface area contributed by atoms with Gasteiger partial charge in [0.15, 0.2) is 17.4 Å². The Morgan fingerprint density at radius 2 is 1.70 bits per heavy atom. The topological polar surface area (TPSA) is 218 Å². The maximum atomic E-state index is 15.6. The van der Waals surface area contributed by atoms with Crippen LogP contribution in [0.4, 0.5) is 16.0 Å². The van der Waals surface area contributed by atoms with Crippen molar-refractivity contribution in [1.29, 1.82) is 0 Å². The lowest BCUT2D eigenvalue weighted by molar-refractivity contribution is -0.141. The highest BCUT2D eigenvalue weighted by Gasteiger charge is 2.44. The highest BCUT2D eigenvalue weighted by atomic mass is 32.1. The number of ether oxygens (including phenoxy) is 2.